The summed E-state index contributed by atoms with van der Waals surface area (Å²) in [6.07, 6.45) is 4.64. The highest BCUT2D eigenvalue weighted by molar-refractivity contribution is 7.99. The molecular weight excluding hydrogens is 448 g/mol. The van der Waals surface area contributed by atoms with Gasteiger partial charge in [0.2, 0.25) is 12.7 Å². The van der Waals surface area contributed by atoms with Crippen LogP contribution < -0.4 is 14.8 Å². The summed E-state index contributed by atoms with van der Waals surface area (Å²) in [6.45, 7) is 6.85. The molecule has 8 heteroatoms. The van der Waals surface area contributed by atoms with Crippen molar-refractivity contribution in [2.75, 3.05) is 17.9 Å². The van der Waals surface area contributed by atoms with Crippen LogP contribution in [0.2, 0.25) is 0 Å². The number of hydrogen-bond acceptors (Lipinski definition) is 6. The summed E-state index contributed by atoms with van der Waals surface area (Å²) >= 11 is 1.43. The quantitative estimate of drug-likeness (QED) is 0.450. The Hall–Kier alpha value is -3.00. The standard InChI is InChI=1S/C26H30N4O3S/c1-26(2,3)18-10-8-17(9-11-18)24-28-29-25(30(24)20-6-4-5-7-20)34-15-23(31)27-19-12-13-21-22(14-19)33-16-32-21/h8-14,20H,4-7,15-16H2,1-3H3,(H,27,31). The summed E-state index contributed by atoms with van der Waals surface area (Å²) in [4.78, 5) is 12.7. The molecule has 0 spiro atoms. The summed E-state index contributed by atoms with van der Waals surface area (Å²) in [5.74, 6) is 2.38. The van der Waals surface area contributed by atoms with Crippen LogP contribution >= 0.6 is 11.8 Å². The second-order valence-electron chi connectivity index (χ2n) is 9.85. The Morgan fingerprint density at radius 2 is 1.79 bits per heavy atom. The normalized spacial score (nSPS) is 15.6. The molecule has 2 heterocycles. The van der Waals surface area contributed by atoms with Crippen LogP contribution in [0.25, 0.3) is 11.4 Å². The molecule has 3 aromatic rings. The van der Waals surface area contributed by atoms with Crippen LogP contribution in [0.15, 0.2) is 47.6 Å². The molecule has 0 saturated heterocycles. The molecule has 1 N–H and O–H groups in total. The number of aromatic nitrogens is 3. The Labute approximate surface area is 204 Å². The average molecular weight is 479 g/mol. The maximum absolute atomic E-state index is 12.7. The van der Waals surface area contributed by atoms with Gasteiger partial charge >= 0.3 is 0 Å². The molecule has 1 saturated carbocycles. The Kier molecular flexibility index (Phi) is 6.25. The van der Waals surface area contributed by atoms with Crippen LogP contribution in [0.1, 0.15) is 58.1 Å². The number of ether oxygens (including phenoxy) is 2. The van der Waals surface area contributed by atoms with Gasteiger partial charge in [-0.1, -0.05) is 69.6 Å². The van der Waals surface area contributed by atoms with E-state index in [1.165, 1.54) is 30.2 Å². The highest BCUT2D eigenvalue weighted by Gasteiger charge is 2.26. The van der Waals surface area contributed by atoms with E-state index >= 15 is 0 Å². The van der Waals surface area contributed by atoms with E-state index in [0.29, 0.717) is 23.2 Å². The fourth-order valence-corrected chi connectivity index (χ4v) is 5.29. The molecule has 178 valence electrons. The smallest absolute Gasteiger partial charge is 0.234 e. The zero-order valence-electron chi connectivity index (χ0n) is 19.8. The second kappa shape index (κ2) is 9.33. The van der Waals surface area contributed by atoms with Gasteiger partial charge in [0.05, 0.1) is 5.75 Å². The summed E-state index contributed by atoms with van der Waals surface area (Å²) in [5, 5.41) is 12.8. The predicted octanol–water partition coefficient (Wildman–Crippen LogP) is 5.82. The topological polar surface area (TPSA) is 78.3 Å². The Morgan fingerprint density at radius 1 is 1.06 bits per heavy atom. The molecule has 1 aliphatic heterocycles. The number of anilines is 1. The summed E-state index contributed by atoms with van der Waals surface area (Å²) in [6, 6.07) is 14.4. The van der Waals surface area contributed by atoms with Crippen molar-refractivity contribution in [3.63, 3.8) is 0 Å². The summed E-state index contributed by atoms with van der Waals surface area (Å²) in [5.41, 5.74) is 3.14. The molecule has 5 rings (SSSR count). The van der Waals surface area contributed by atoms with Gasteiger partial charge in [-0.2, -0.15) is 0 Å². The first kappa shape index (κ1) is 22.8. The minimum absolute atomic E-state index is 0.0964. The number of carbonyl (C=O) groups excluding carboxylic acids is 1. The minimum atomic E-state index is -0.0964. The van der Waals surface area contributed by atoms with Gasteiger partial charge in [0.1, 0.15) is 0 Å². The van der Waals surface area contributed by atoms with Gasteiger partial charge in [-0.3, -0.25) is 9.36 Å². The number of fused-ring (bicyclic) bond motifs is 1. The molecule has 2 aliphatic rings. The van der Waals surface area contributed by atoms with E-state index in [2.05, 4.69) is 65.1 Å². The number of hydrogen-bond donors (Lipinski definition) is 1. The fourth-order valence-electron chi connectivity index (χ4n) is 4.48. The van der Waals surface area contributed by atoms with Crippen LogP contribution in [0.4, 0.5) is 5.69 Å². The van der Waals surface area contributed by atoms with Crippen LogP contribution in [0.3, 0.4) is 0 Å². The molecule has 7 nitrogen and oxygen atoms in total. The SMILES string of the molecule is CC(C)(C)c1ccc(-c2nnc(SCC(=O)Nc3ccc4c(c3)OCO4)n2C2CCCC2)cc1. The summed E-state index contributed by atoms with van der Waals surface area (Å²) < 4.78 is 13.0. The molecule has 0 atom stereocenters. The number of carbonyl (C=O) groups is 1. The lowest BCUT2D eigenvalue weighted by molar-refractivity contribution is -0.113. The molecule has 1 aliphatic carbocycles. The lowest BCUT2D eigenvalue weighted by Crippen LogP contribution is -2.15. The molecule has 0 radical (unpaired) electrons. The second-order valence-corrected chi connectivity index (χ2v) is 10.8. The number of nitrogens with one attached hydrogen (secondary N) is 1. The fraction of sp³-hybridized carbons (Fsp3) is 0.423. The predicted molar refractivity (Wildman–Crippen MR) is 134 cm³/mol. The third-order valence-electron chi connectivity index (χ3n) is 6.35. The molecule has 1 amide bonds. The zero-order valence-corrected chi connectivity index (χ0v) is 20.7. The highest BCUT2D eigenvalue weighted by atomic mass is 32.2. The highest BCUT2D eigenvalue weighted by Crippen LogP contribution is 2.37. The third kappa shape index (κ3) is 4.78. The number of rotatable bonds is 6. The number of thioether (sulfide) groups is 1. The van der Waals surface area contributed by atoms with Crippen molar-refractivity contribution in [2.24, 2.45) is 0 Å². The molecular formula is C26H30N4O3S. The van der Waals surface area contributed by atoms with Gasteiger partial charge in [-0.05, 0) is 36.0 Å². The van der Waals surface area contributed by atoms with E-state index < -0.39 is 0 Å². The molecule has 2 aromatic carbocycles. The van der Waals surface area contributed by atoms with Gasteiger partial charge in [0.25, 0.3) is 0 Å². The number of nitrogens with zero attached hydrogens (tertiary/aromatic N) is 3. The zero-order chi connectivity index (χ0) is 23.7. The van der Waals surface area contributed by atoms with Crippen molar-refractivity contribution in [1.82, 2.24) is 14.8 Å². The van der Waals surface area contributed by atoms with Crippen molar-refractivity contribution in [3.8, 4) is 22.9 Å². The first-order chi connectivity index (χ1) is 16.4. The Balaban J connectivity index is 1.32. The van der Waals surface area contributed by atoms with Gasteiger partial charge < -0.3 is 14.8 Å². The van der Waals surface area contributed by atoms with E-state index in [1.807, 2.05) is 6.07 Å². The van der Waals surface area contributed by atoms with Gasteiger partial charge in [0.15, 0.2) is 22.5 Å². The third-order valence-corrected chi connectivity index (χ3v) is 7.30. The minimum Gasteiger partial charge on any atom is -0.454 e. The Bertz CT molecular complexity index is 1180. The van der Waals surface area contributed by atoms with Crippen molar-refractivity contribution < 1.29 is 14.3 Å². The number of benzene rings is 2. The number of amides is 1. The maximum Gasteiger partial charge on any atom is 0.234 e. The van der Waals surface area contributed by atoms with E-state index in [1.54, 1.807) is 12.1 Å². The van der Waals surface area contributed by atoms with Gasteiger partial charge in [0, 0.05) is 23.4 Å². The monoisotopic (exact) mass is 478 g/mol. The first-order valence-electron chi connectivity index (χ1n) is 11.8. The van der Waals surface area contributed by atoms with Crippen molar-refractivity contribution in [1.29, 1.82) is 0 Å². The molecule has 1 fully saturated rings. The van der Waals surface area contributed by atoms with Crippen molar-refractivity contribution in [3.05, 3.63) is 48.0 Å². The average Bonchev–Trinajstić information content (AvgIpc) is 3.57. The molecule has 34 heavy (non-hydrogen) atoms. The van der Waals surface area contributed by atoms with Gasteiger partial charge in [-0.25, -0.2) is 0 Å². The van der Waals surface area contributed by atoms with E-state index in [4.69, 9.17) is 9.47 Å². The van der Waals surface area contributed by atoms with E-state index in [-0.39, 0.29) is 23.9 Å². The first-order valence-corrected chi connectivity index (χ1v) is 12.8. The summed E-state index contributed by atoms with van der Waals surface area (Å²) in [7, 11) is 0. The molecule has 0 unspecified atom stereocenters. The van der Waals surface area contributed by atoms with E-state index in [9.17, 15) is 4.79 Å². The van der Waals surface area contributed by atoms with Crippen LogP contribution in [0, 0.1) is 0 Å². The lowest BCUT2D eigenvalue weighted by Gasteiger charge is -2.20. The lowest BCUT2D eigenvalue weighted by atomic mass is 9.86. The molecule has 1 aromatic heterocycles. The maximum atomic E-state index is 12.7. The van der Waals surface area contributed by atoms with Crippen molar-refractivity contribution in [2.45, 2.75) is 63.1 Å². The van der Waals surface area contributed by atoms with Crippen LogP contribution in [-0.2, 0) is 10.2 Å². The Morgan fingerprint density at radius 3 is 2.53 bits per heavy atom. The molecule has 0 bridgehead atoms. The van der Waals surface area contributed by atoms with Crippen molar-refractivity contribution >= 4 is 23.4 Å². The van der Waals surface area contributed by atoms with Gasteiger partial charge in [-0.15, -0.1) is 10.2 Å². The largest absolute Gasteiger partial charge is 0.454 e. The van der Waals surface area contributed by atoms with Crippen LogP contribution in [0.5, 0.6) is 11.5 Å². The van der Waals surface area contributed by atoms with E-state index in [0.717, 1.165) is 29.4 Å². The van der Waals surface area contributed by atoms with Crippen LogP contribution in [-0.4, -0.2) is 33.2 Å².